The Morgan fingerprint density at radius 3 is 2.25 bits per heavy atom. The van der Waals surface area contributed by atoms with E-state index >= 15 is 0 Å². The van der Waals surface area contributed by atoms with Gasteiger partial charge in [-0.15, -0.1) is 0 Å². The average molecular weight is 313 g/mol. The minimum Gasteiger partial charge on any atom is -0.340 e. The first kappa shape index (κ1) is 13.7. The van der Waals surface area contributed by atoms with Crippen LogP contribution < -0.4 is 10.2 Å². The van der Waals surface area contributed by atoms with Crippen LogP contribution in [0.25, 0.3) is 0 Å². The molecular weight excluding hydrogens is 299 g/mol. The number of carbonyl (C=O) groups excluding carboxylic acids is 2. The van der Waals surface area contributed by atoms with Crippen LogP contribution in [0.3, 0.4) is 0 Å². The second-order valence-corrected chi connectivity index (χ2v) is 6.23. The summed E-state index contributed by atoms with van der Waals surface area (Å²) >= 11 is 12.0. The molecule has 106 valence electrons. The minimum absolute atomic E-state index is 0.0112. The maximum Gasteiger partial charge on any atom is 0.253 e. The summed E-state index contributed by atoms with van der Waals surface area (Å²) in [5.41, 5.74) is -0.155. The van der Waals surface area contributed by atoms with Crippen molar-refractivity contribution in [1.29, 1.82) is 0 Å². The van der Waals surface area contributed by atoms with Crippen LogP contribution in [0.15, 0.2) is 18.2 Å². The van der Waals surface area contributed by atoms with Crippen LogP contribution in [-0.2, 0) is 9.59 Å². The van der Waals surface area contributed by atoms with Gasteiger partial charge >= 0.3 is 0 Å². The fraction of sp³-hybridized carbons (Fsp3) is 0.429. The van der Waals surface area contributed by atoms with Crippen molar-refractivity contribution in [3.8, 4) is 0 Å². The number of carbonyl (C=O) groups is 2. The number of nitrogens with one attached hydrogen (secondary N) is 1. The molecule has 1 aromatic carbocycles. The zero-order valence-corrected chi connectivity index (χ0v) is 12.3. The fourth-order valence-electron chi connectivity index (χ4n) is 3.05. The van der Waals surface area contributed by atoms with Crippen LogP contribution in [0, 0.1) is 0 Å². The quantitative estimate of drug-likeness (QED) is 0.867. The second-order valence-electron chi connectivity index (χ2n) is 5.36. The van der Waals surface area contributed by atoms with Gasteiger partial charge in [-0.05, 0) is 31.0 Å². The number of rotatable bonds is 1. The van der Waals surface area contributed by atoms with E-state index in [0.717, 1.165) is 12.8 Å². The predicted molar refractivity (Wildman–Crippen MR) is 78.2 cm³/mol. The van der Waals surface area contributed by atoms with E-state index in [2.05, 4.69) is 5.32 Å². The number of nitrogens with zero attached hydrogens (tertiary/aromatic N) is 1. The van der Waals surface area contributed by atoms with E-state index in [1.165, 1.54) is 4.90 Å². The molecular formula is C14H14Cl2N2O2. The SMILES string of the molecule is O=C1CN(c2cc(Cl)cc(Cl)c2)C(=O)C2(CCCC2)N1. The maximum atomic E-state index is 12.7. The zero-order chi connectivity index (χ0) is 14.3. The number of benzene rings is 1. The largest absolute Gasteiger partial charge is 0.340 e. The number of hydrogen-bond acceptors (Lipinski definition) is 2. The van der Waals surface area contributed by atoms with Crippen LogP contribution >= 0.6 is 23.2 Å². The molecule has 1 heterocycles. The molecule has 2 fully saturated rings. The molecule has 4 nitrogen and oxygen atoms in total. The van der Waals surface area contributed by atoms with Crippen LogP contribution in [0.1, 0.15) is 25.7 Å². The van der Waals surface area contributed by atoms with E-state index in [4.69, 9.17) is 23.2 Å². The van der Waals surface area contributed by atoms with E-state index in [-0.39, 0.29) is 18.4 Å². The van der Waals surface area contributed by atoms with Crippen molar-refractivity contribution in [2.24, 2.45) is 0 Å². The number of halogens is 2. The Bertz CT molecular complexity index is 562. The van der Waals surface area contributed by atoms with Crippen molar-refractivity contribution in [2.75, 3.05) is 11.4 Å². The Morgan fingerprint density at radius 1 is 1.05 bits per heavy atom. The molecule has 1 aromatic rings. The maximum absolute atomic E-state index is 12.7. The molecule has 6 heteroatoms. The van der Waals surface area contributed by atoms with E-state index in [1.54, 1.807) is 18.2 Å². The van der Waals surface area contributed by atoms with E-state index in [9.17, 15) is 9.59 Å². The van der Waals surface area contributed by atoms with E-state index < -0.39 is 5.54 Å². The Hall–Kier alpha value is -1.26. The average Bonchev–Trinajstić information content (AvgIpc) is 2.82. The normalized spacial score (nSPS) is 21.4. The molecule has 0 radical (unpaired) electrons. The molecule has 20 heavy (non-hydrogen) atoms. The number of amides is 2. The lowest BCUT2D eigenvalue weighted by atomic mass is 9.92. The van der Waals surface area contributed by atoms with E-state index in [0.29, 0.717) is 28.6 Å². The topological polar surface area (TPSA) is 49.4 Å². The molecule has 2 amide bonds. The van der Waals surface area contributed by atoms with Crippen LogP contribution in [0.4, 0.5) is 5.69 Å². The lowest BCUT2D eigenvalue weighted by Gasteiger charge is -2.39. The van der Waals surface area contributed by atoms with Crippen LogP contribution in [0.5, 0.6) is 0 Å². The van der Waals surface area contributed by atoms with Gasteiger partial charge in [-0.3, -0.25) is 9.59 Å². The van der Waals surface area contributed by atoms with Gasteiger partial charge in [-0.25, -0.2) is 0 Å². The van der Waals surface area contributed by atoms with Gasteiger partial charge in [0.25, 0.3) is 5.91 Å². The van der Waals surface area contributed by atoms with Gasteiger partial charge in [0.1, 0.15) is 12.1 Å². The number of anilines is 1. The van der Waals surface area contributed by atoms with Crippen molar-refractivity contribution in [3.05, 3.63) is 28.2 Å². The summed E-state index contributed by atoms with van der Waals surface area (Å²) in [4.78, 5) is 26.2. The highest BCUT2D eigenvalue weighted by Crippen LogP contribution is 2.36. The first-order chi connectivity index (χ1) is 9.50. The molecule has 3 rings (SSSR count). The highest BCUT2D eigenvalue weighted by molar-refractivity contribution is 6.35. The number of piperazine rings is 1. The fourth-order valence-corrected chi connectivity index (χ4v) is 3.57. The lowest BCUT2D eigenvalue weighted by molar-refractivity contribution is -0.135. The first-order valence-corrected chi connectivity index (χ1v) is 7.35. The third kappa shape index (κ3) is 2.27. The summed E-state index contributed by atoms with van der Waals surface area (Å²) in [6.45, 7) is 0.0112. The molecule has 1 N–H and O–H groups in total. The Balaban J connectivity index is 1.99. The van der Waals surface area contributed by atoms with Gasteiger partial charge in [-0.2, -0.15) is 0 Å². The van der Waals surface area contributed by atoms with Crippen LogP contribution in [-0.4, -0.2) is 23.9 Å². The molecule has 0 atom stereocenters. The second kappa shape index (κ2) is 4.93. The molecule has 1 aliphatic carbocycles. The Labute approximate surface area is 127 Å². The molecule has 1 spiro atoms. The lowest BCUT2D eigenvalue weighted by Crippen LogP contribution is -2.65. The van der Waals surface area contributed by atoms with Gasteiger partial charge < -0.3 is 10.2 Å². The molecule has 1 saturated carbocycles. The summed E-state index contributed by atoms with van der Waals surface area (Å²) in [7, 11) is 0. The molecule has 0 aromatic heterocycles. The summed E-state index contributed by atoms with van der Waals surface area (Å²) in [6.07, 6.45) is 3.30. The van der Waals surface area contributed by atoms with Crippen molar-refractivity contribution < 1.29 is 9.59 Å². The highest BCUT2D eigenvalue weighted by atomic mass is 35.5. The highest BCUT2D eigenvalue weighted by Gasteiger charge is 2.48. The molecule has 1 aliphatic heterocycles. The predicted octanol–water partition coefficient (Wildman–Crippen LogP) is 2.77. The molecule has 0 unspecified atom stereocenters. The first-order valence-electron chi connectivity index (χ1n) is 6.59. The van der Waals surface area contributed by atoms with E-state index in [1.807, 2.05) is 0 Å². The van der Waals surface area contributed by atoms with Crippen molar-refractivity contribution in [2.45, 2.75) is 31.2 Å². The van der Waals surface area contributed by atoms with Gasteiger partial charge in [0, 0.05) is 15.7 Å². The van der Waals surface area contributed by atoms with Gasteiger partial charge in [-0.1, -0.05) is 36.0 Å². The van der Waals surface area contributed by atoms with Crippen molar-refractivity contribution in [1.82, 2.24) is 5.32 Å². The minimum atomic E-state index is -0.732. The van der Waals surface area contributed by atoms with Gasteiger partial charge in [0.05, 0.1) is 0 Å². The Kier molecular flexibility index (Phi) is 3.38. The third-order valence-corrected chi connectivity index (χ3v) is 4.39. The van der Waals surface area contributed by atoms with Crippen LogP contribution in [0.2, 0.25) is 10.0 Å². The van der Waals surface area contributed by atoms with Crippen molar-refractivity contribution >= 4 is 40.7 Å². The van der Waals surface area contributed by atoms with Gasteiger partial charge in [0.15, 0.2) is 0 Å². The summed E-state index contributed by atoms with van der Waals surface area (Å²) in [6, 6.07) is 4.92. The molecule has 0 bridgehead atoms. The summed E-state index contributed by atoms with van der Waals surface area (Å²) in [5, 5.41) is 3.78. The zero-order valence-electron chi connectivity index (χ0n) is 10.8. The third-order valence-electron chi connectivity index (χ3n) is 3.95. The summed E-state index contributed by atoms with van der Waals surface area (Å²) < 4.78 is 0. The van der Waals surface area contributed by atoms with Crippen molar-refractivity contribution in [3.63, 3.8) is 0 Å². The Morgan fingerprint density at radius 2 is 1.65 bits per heavy atom. The number of hydrogen-bond donors (Lipinski definition) is 1. The molecule has 1 saturated heterocycles. The standard InChI is InChI=1S/C14H14Cl2N2O2/c15-9-5-10(16)7-11(6-9)18-8-12(19)17-14(13(18)20)3-1-2-4-14/h5-7H,1-4,8H2,(H,17,19). The molecule has 2 aliphatic rings. The summed E-state index contributed by atoms with van der Waals surface area (Å²) in [5.74, 6) is -0.199. The monoisotopic (exact) mass is 312 g/mol. The van der Waals surface area contributed by atoms with Gasteiger partial charge in [0.2, 0.25) is 5.91 Å². The smallest absolute Gasteiger partial charge is 0.253 e.